The molecule has 10 heteroatoms. The number of halogens is 1. The second-order valence-electron chi connectivity index (χ2n) is 8.47. The molecule has 4 aromatic heterocycles. The molecule has 1 fully saturated rings. The molecule has 5 heterocycles. The van der Waals surface area contributed by atoms with Crippen molar-refractivity contribution in [3.8, 4) is 11.3 Å². The van der Waals surface area contributed by atoms with Crippen LogP contribution in [-0.4, -0.2) is 72.8 Å². The number of fused-ring (bicyclic) bond motifs is 1. The Hall–Kier alpha value is -3.92. The summed E-state index contributed by atoms with van der Waals surface area (Å²) in [5.41, 5.74) is 1.93. The maximum absolute atomic E-state index is 14.5. The maximum Gasteiger partial charge on any atom is 0.255 e. The zero-order valence-corrected chi connectivity index (χ0v) is 19.0. The average molecular weight is 461 g/mol. The lowest BCUT2D eigenvalue weighted by molar-refractivity contribution is 0.0595. The third-order valence-electron chi connectivity index (χ3n) is 6.03. The molecule has 1 saturated heterocycles. The number of amides is 1. The van der Waals surface area contributed by atoms with Crippen LogP contribution in [0, 0.1) is 5.82 Å². The Bertz CT molecular complexity index is 1310. The number of carbonyl (C=O) groups is 1. The minimum Gasteiger partial charge on any atom is -0.345 e. The van der Waals surface area contributed by atoms with Crippen molar-refractivity contribution in [2.45, 2.75) is 19.9 Å². The largest absolute Gasteiger partial charge is 0.345 e. The summed E-state index contributed by atoms with van der Waals surface area (Å²) in [5, 5.41) is 3.75. The fourth-order valence-corrected chi connectivity index (χ4v) is 4.10. The van der Waals surface area contributed by atoms with Gasteiger partial charge in [0.1, 0.15) is 17.2 Å². The Kier molecular flexibility index (Phi) is 5.89. The van der Waals surface area contributed by atoms with Crippen LogP contribution in [0.3, 0.4) is 0 Å². The number of H-pyrrole nitrogens is 1. The highest BCUT2D eigenvalue weighted by molar-refractivity contribution is 5.94. The fraction of sp³-hybridized carbons (Fsp3) is 0.292. The van der Waals surface area contributed by atoms with Gasteiger partial charge < -0.3 is 15.2 Å². The molecule has 0 aliphatic carbocycles. The molecule has 4 aromatic rings. The van der Waals surface area contributed by atoms with E-state index in [2.05, 4.69) is 49.0 Å². The summed E-state index contributed by atoms with van der Waals surface area (Å²) in [5.74, 6) is 0.0860. The van der Waals surface area contributed by atoms with Crippen molar-refractivity contribution < 1.29 is 9.18 Å². The van der Waals surface area contributed by atoms with E-state index in [1.165, 1.54) is 6.20 Å². The number of hydrogen-bond donors (Lipinski definition) is 2. The maximum atomic E-state index is 14.5. The molecule has 1 aliphatic heterocycles. The number of nitrogens with zero attached hydrogens (tertiary/aromatic N) is 6. The van der Waals surface area contributed by atoms with Crippen LogP contribution in [0.2, 0.25) is 0 Å². The number of rotatable bonds is 5. The van der Waals surface area contributed by atoms with E-state index in [1.807, 2.05) is 11.0 Å². The Morgan fingerprint density at radius 3 is 2.65 bits per heavy atom. The summed E-state index contributed by atoms with van der Waals surface area (Å²) in [6.07, 6.45) is 5.99. The second kappa shape index (κ2) is 9.14. The summed E-state index contributed by atoms with van der Waals surface area (Å²) in [6, 6.07) is 7.53. The predicted molar refractivity (Wildman–Crippen MR) is 127 cm³/mol. The molecule has 0 aromatic carbocycles. The third-order valence-corrected chi connectivity index (χ3v) is 6.03. The van der Waals surface area contributed by atoms with Crippen LogP contribution < -0.4 is 5.32 Å². The Balaban J connectivity index is 1.30. The van der Waals surface area contributed by atoms with Gasteiger partial charge in [0.05, 0.1) is 11.8 Å². The van der Waals surface area contributed by atoms with E-state index in [-0.39, 0.29) is 17.5 Å². The molecule has 0 unspecified atom stereocenters. The highest BCUT2D eigenvalue weighted by Gasteiger charge is 2.23. The first-order valence-corrected chi connectivity index (χ1v) is 11.2. The van der Waals surface area contributed by atoms with E-state index in [0.717, 1.165) is 24.7 Å². The van der Waals surface area contributed by atoms with E-state index in [9.17, 15) is 9.18 Å². The molecule has 9 nitrogen and oxygen atoms in total. The first-order valence-electron chi connectivity index (χ1n) is 11.2. The number of piperazine rings is 1. The minimum absolute atomic E-state index is 0.0317. The van der Waals surface area contributed by atoms with Crippen molar-refractivity contribution in [1.29, 1.82) is 0 Å². The molecule has 1 aliphatic rings. The summed E-state index contributed by atoms with van der Waals surface area (Å²) in [7, 11) is 0. The summed E-state index contributed by atoms with van der Waals surface area (Å²) < 4.78 is 14.5. The minimum atomic E-state index is -0.540. The molecule has 0 saturated carbocycles. The molecule has 2 N–H and O–H groups in total. The van der Waals surface area contributed by atoms with Crippen LogP contribution in [0.5, 0.6) is 0 Å². The van der Waals surface area contributed by atoms with Gasteiger partial charge in [-0.05, 0) is 38.1 Å². The highest BCUT2D eigenvalue weighted by atomic mass is 19.1. The molecular weight excluding hydrogens is 435 g/mol. The SMILES string of the molecule is CC(C)N1CCN(C(=O)c2ccc(Nc3ncc(F)c(-c4c[nH]c5ncccc45)n3)nc2)CC1. The first kappa shape index (κ1) is 21.9. The predicted octanol–water partition coefficient (Wildman–Crippen LogP) is 3.46. The third kappa shape index (κ3) is 4.32. The van der Waals surface area contributed by atoms with E-state index < -0.39 is 5.82 Å². The fourth-order valence-electron chi connectivity index (χ4n) is 4.10. The van der Waals surface area contributed by atoms with Gasteiger partial charge in [0.15, 0.2) is 5.82 Å². The number of carbonyl (C=O) groups excluding carboxylic acids is 1. The number of anilines is 2. The quantitative estimate of drug-likeness (QED) is 0.470. The molecule has 0 radical (unpaired) electrons. The number of aromatic nitrogens is 5. The Morgan fingerprint density at radius 2 is 1.91 bits per heavy atom. The van der Waals surface area contributed by atoms with Gasteiger partial charge in [-0.3, -0.25) is 9.69 Å². The Labute approximate surface area is 196 Å². The standard InChI is InChI=1S/C24H25FN8O/c1-15(2)32-8-10-33(11-9-32)23(34)16-5-6-20(27-12-16)30-24-29-14-19(25)21(31-24)18-13-28-22-17(18)4-3-7-26-22/h3-7,12-15H,8-11H2,1-2H3,(H,26,28)(H,27,29,30,31). The van der Waals surface area contributed by atoms with Crippen LogP contribution in [-0.2, 0) is 0 Å². The zero-order chi connectivity index (χ0) is 23.7. The molecule has 174 valence electrons. The van der Waals surface area contributed by atoms with Crippen molar-refractivity contribution in [3.05, 3.63) is 60.4 Å². The van der Waals surface area contributed by atoms with Gasteiger partial charge in [-0.1, -0.05) is 0 Å². The lowest BCUT2D eigenvalue weighted by Crippen LogP contribution is -2.50. The smallest absolute Gasteiger partial charge is 0.255 e. The molecule has 0 spiro atoms. The zero-order valence-electron chi connectivity index (χ0n) is 19.0. The highest BCUT2D eigenvalue weighted by Crippen LogP contribution is 2.28. The van der Waals surface area contributed by atoms with Gasteiger partial charge >= 0.3 is 0 Å². The van der Waals surface area contributed by atoms with Crippen LogP contribution in [0.1, 0.15) is 24.2 Å². The summed E-state index contributed by atoms with van der Waals surface area (Å²) in [6.45, 7) is 7.47. The molecule has 1 amide bonds. The van der Waals surface area contributed by atoms with Gasteiger partial charge in [-0.15, -0.1) is 0 Å². The molecule has 0 bridgehead atoms. The Morgan fingerprint density at radius 1 is 1.09 bits per heavy atom. The van der Waals surface area contributed by atoms with Gasteiger partial charge in [-0.25, -0.2) is 24.3 Å². The van der Waals surface area contributed by atoms with Gasteiger partial charge in [-0.2, -0.15) is 0 Å². The molecule has 0 atom stereocenters. The van der Waals surface area contributed by atoms with Gasteiger partial charge in [0, 0.05) is 61.8 Å². The van der Waals surface area contributed by atoms with E-state index in [1.54, 1.807) is 30.6 Å². The number of nitrogens with one attached hydrogen (secondary N) is 2. The van der Waals surface area contributed by atoms with E-state index >= 15 is 0 Å². The van der Waals surface area contributed by atoms with Gasteiger partial charge in [0.2, 0.25) is 5.95 Å². The first-order chi connectivity index (χ1) is 16.5. The monoisotopic (exact) mass is 460 g/mol. The second-order valence-corrected chi connectivity index (χ2v) is 8.47. The normalized spacial score (nSPS) is 14.6. The van der Waals surface area contributed by atoms with Crippen LogP contribution in [0.4, 0.5) is 16.2 Å². The summed E-state index contributed by atoms with van der Waals surface area (Å²) in [4.78, 5) is 37.0. The lowest BCUT2D eigenvalue weighted by Gasteiger charge is -2.36. The number of pyridine rings is 2. The lowest BCUT2D eigenvalue weighted by atomic mass is 10.1. The van der Waals surface area contributed by atoms with E-state index in [4.69, 9.17) is 0 Å². The van der Waals surface area contributed by atoms with Crippen LogP contribution in [0.25, 0.3) is 22.3 Å². The number of aromatic amines is 1. The molecule has 5 rings (SSSR count). The summed E-state index contributed by atoms with van der Waals surface area (Å²) >= 11 is 0. The van der Waals surface area contributed by atoms with Crippen LogP contribution in [0.15, 0.2) is 49.1 Å². The average Bonchev–Trinajstić information content (AvgIpc) is 3.29. The van der Waals surface area contributed by atoms with Crippen molar-refractivity contribution in [1.82, 2.24) is 34.7 Å². The van der Waals surface area contributed by atoms with Crippen molar-refractivity contribution in [2.24, 2.45) is 0 Å². The van der Waals surface area contributed by atoms with Crippen LogP contribution >= 0.6 is 0 Å². The topological polar surface area (TPSA) is 103 Å². The van der Waals surface area contributed by atoms with Crippen molar-refractivity contribution in [2.75, 3.05) is 31.5 Å². The van der Waals surface area contributed by atoms with Crippen molar-refractivity contribution >= 4 is 28.7 Å². The number of hydrogen-bond acceptors (Lipinski definition) is 7. The molecule has 34 heavy (non-hydrogen) atoms. The van der Waals surface area contributed by atoms with Crippen molar-refractivity contribution in [3.63, 3.8) is 0 Å². The van der Waals surface area contributed by atoms with E-state index in [0.29, 0.717) is 41.7 Å². The van der Waals surface area contributed by atoms with Gasteiger partial charge in [0.25, 0.3) is 5.91 Å². The molecular formula is C24H25FN8O.